The van der Waals surface area contributed by atoms with E-state index in [4.69, 9.17) is 0 Å². The van der Waals surface area contributed by atoms with Gasteiger partial charge in [0.2, 0.25) is 0 Å². The second kappa shape index (κ2) is 3.64. The lowest BCUT2D eigenvalue weighted by atomic mass is 10.1. The number of rotatable bonds is 1. The number of thiophene rings is 1. The fourth-order valence-electron chi connectivity index (χ4n) is 1.37. The van der Waals surface area contributed by atoms with Gasteiger partial charge < -0.3 is 0 Å². The molecular weight excluding hydrogens is 264 g/mol. The fraction of sp³-hybridized carbons (Fsp3) is 0.200. The summed E-state index contributed by atoms with van der Waals surface area (Å²) in [7, 11) is 0. The molecule has 13 heavy (non-hydrogen) atoms. The van der Waals surface area contributed by atoms with Crippen LogP contribution < -0.4 is 0 Å². The van der Waals surface area contributed by atoms with Gasteiger partial charge in [0.15, 0.2) is 0 Å². The van der Waals surface area contributed by atoms with Crippen molar-refractivity contribution >= 4 is 50.0 Å². The number of thiol groups is 1. The number of hydrogen-bond acceptors (Lipinski definition) is 2. The van der Waals surface area contributed by atoms with Crippen molar-refractivity contribution in [2.75, 3.05) is 0 Å². The van der Waals surface area contributed by atoms with Gasteiger partial charge in [0, 0.05) is 24.8 Å². The van der Waals surface area contributed by atoms with Crippen LogP contribution in [0.4, 0.5) is 0 Å². The van der Waals surface area contributed by atoms with E-state index in [9.17, 15) is 0 Å². The largest absolute Gasteiger partial charge is 0.142 e. The van der Waals surface area contributed by atoms with Gasteiger partial charge in [-0.25, -0.2) is 0 Å². The molecule has 0 fully saturated rings. The maximum Gasteiger partial charge on any atom is 0.0499 e. The van der Waals surface area contributed by atoms with Crippen LogP contribution in [-0.2, 0) is 6.42 Å². The molecule has 1 aromatic carbocycles. The van der Waals surface area contributed by atoms with E-state index >= 15 is 0 Å². The fourth-order valence-corrected chi connectivity index (χ4v) is 3.59. The summed E-state index contributed by atoms with van der Waals surface area (Å²) in [6, 6.07) is 4.32. The lowest BCUT2D eigenvalue weighted by Gasteiger charge is -2.01. The van der Waals surface area contributed by atoms with Crippen molar-refractivity contribution in [1.29, 1.82) is 0 Å². The minimum absolute atomic E-state index is 1.07. The Hall–Kier alpha value is 0.01000. The van der Waals surface area contributed by atoms with Gasteiger partial charge in [-0.15, -0.1) is 24.0 Å². The number of hydrogen-bond donors (Lipinski definition) is 1. The van der Waals surface area contributed by atoms with Crippen LogP contribution in [0.25, 0.3) is 10.1 Å². The van der Waals surface area contributed by atoms with Crippen LogP contribution in [0.15, 0.2) is 26.9 Å². The van der Waals surface area contributed by atoms with Gasteiger partial charge >= 0.3 is 0 Å². The molecule has 68 valence electrons. The molecular formula is C10H9BrS2. The summed E-state index contributed by atoms with van der Waals surface area (Å²) in [5.74, 6) is 0. The predicted octanol–water partition coefficient (Wildman–Crippen LogP) is 4.51. The highest BCUT2D eigenvalue weighted by atomic mass is 79.9. The average molecular weight is 273 g/mol. The highest BCUT2D eigenvalue weighted by Crippen LogP contribution is 2.36. The molecule has 2 rings (SSSR count). The van der Waals surface area contributed by atoms with Crippen molar-refractivity contribution in [2.24, 2.45) is 0 Å². The first-order valence-electron chi connectivity index (χ1n) is 4.11. The Bertz CT molecular complexity index is 445. The van der Waals surface area contributed by atoms with Gasteiger partial charge in [-0.2, -0.15) is 0 Å². The molecule has 0 aliphatic carbocycles. The number of fused-ring (bicyclic) bond motifs is 1. The Labute approximate surface area is 95.5 Å². The lowest BCUT2D eigenvalue weighted by Crippen LogP contribution is -1.81. The zero-order chi connectivity index (χ0) is 9.42. The van der Waals surface area contributed by atoms with Crippen LogP contribution in [0.5, 0.6) is 0 Å². The van der Waals surface area contributed by atoms with Crippen molar-refractivity contribution in [2.45, 2.75) is 18.2 Å². The summed E-state index contributed by atoms with van der Waals surface area (Å²) in [6.07, 6.45) is 1.07. The monoisotopic (exact) mass is 272 g/mol. The molecule has 0 spiro atoms. The molecule has 0 amide bonds. The summed E-state index contributed by atoms with van der Waals surface area (Å²) in [5.41, 5.74) is 1.36. The van der Waals surface area contributed by atoms with Crippen LogP contribution in [0.2, 0.25) is 0 Å². The summed E-state index contributed by atoms with van der Waals surface area (Å²) >= 11 is 9.78. The minimum Gasteiger partial charge on any atom is -0.142 e. The summed E-state index contributed by atoms with van der Waals surface area (Å²) in [4.78, 5) is 1.07. The summed E-state index contributed by atoms with van der Waals surface area (Å²) in [5, 5.41) is 3.33. The normalized spacial score (nSPS) is 11.0. The van der Waals surface area contributed by atoms with Crippen LogP contribution in [0.1, 0.15) is 12.5 Å². The first kappa shape index (κ1) is 9.56. The highest BCUT2D eigenvalue weighted by Gasteiger charge is 2.07. The molecule has 2 aromatic rings. The van der Waals surface area contributed by atoms with Crippen LogP contribution in [-0.4, -0.2) is 0 Å². The van der Waals surface area contributed by atoms with Gasteiger partial charge in [0.05, 0.1) is 0 Å². The zero-order valence-electron chi connectivity index (χ0n) is 7.17. The Morgan fingerprint density at radius 1 is 1.46 bits per heavy atom. The Morgan fingerprint density at radius 3 is 2.92 bits per heavy atom. The zero-order valence-corrected chi connectivity index (χ0v) is 10.5. The molecule has 1 heterocycles. The molecule has 0 atom stereocenters. The molecule has 0 radical (unpaired) electrons. The smallest absolute Gasteiger partial charge is 0.0499 e. The number of benzene rings is 1. The van der Waals surface area contributed by atoms with Crippen molar-refractivity contribution in [3.63, 3.8) is 0 Å². The number of aryl methyl sites for hydroxylation is 1. The number of halogens is 1. The molecule has 3 heteroatoms. The van der Waals surface area contributed by atoms with Crippen molar-refractivity contribution < 1.29 is 0 Å². The van der Waals surface area contributed by atoms with Crippen LogP contribution >= 0.6 is 39.9 Å². The predicted molar refractivity (Wildman–Crippen MR) is 66.2 cm³/mol. The van der Waals surface area contributed by atoms with E-state index in [2.05, 4.69) is 53.0 Å². The second-order valence-electron chi connectivity index (χ2n) is 2.89. The molecule has 0 bridgehead atoms. The first-order chi connectivity index (χ1) is 6.24. The summed E-state index contributed by atoms with van der Waals surface area (Å²) < 4.78 is 2.54. The van der Waals surface area contributed by atoms with Crippen LogP contribution in [0, 0.1) is 0 Å². The van der Waals surface area contributed by atoms with Crippen molar-refractivity contribution in [3.8, 4) is 0 Å². The molecule has 0 aliphatic heterocycles. The van der Waals surface area contributed by atoms with Gasteiger partial charge in [-0.05, 0) is 27.9 Å². The maximum absolute atomic E-state index is 4.40. The van der Waals surface area contributed by atoms with E-state index in [1.807, 2.05) is 0 Å². The molecule has 1 aromatic heterocycles. The minimum atomic E-state index is 1.07. The first-order valence-corrected chi connectivity index (χ1v) is 6.23. The quantitative estimate of drug-likeness (QED) is 0.726. The van der Waals surface area contributed by atoms with E-state index in [0.29, 0.717) is 0 Å². The van der Waals surface area contributed by atoms with Gasteiger partial charge in [0.1, 0.15) is 0 Å². The Balaban J connectivity index is 2.80. The summed E-state index contributed by atoms with van der Waals surface area (Å²) in [6.45, 7) is 2.17. The molecule has 0 saturated carbocycles. The SMILES string of the molecule is CCc1ccc2c(S)csc2c1Br. The molecule has 0 aliphatic rings. The van der Waals surface area contributed by atoms with E-state index in [1.165, 1.54) is 20.1 Å². The maximum atomic E-state index is 4.40. The van der Waals surface area contributed by atoms with Gasteiger partial charge in [-0.3, -0.25) is 0 Å². The lowest BCUT2D eigenvalue weighted by molar-refractivity contribution is 1.14. The van der Waals surface area contributed by atoms with Crippen molar-refractivity contribution in [3.05, 3.63) is 27.5 Å². The molecule has 0 saturated heterocycles. The third-order valence-corrected chi connectivity index (χ3v) is 4.85. The Kier molecular flexibility index (Phi) is 2.67. The third-order valence-electron chi connectivity index (χ3n) is 2.12. The Morgan fingerprint density at radius 2 is 2.23 bits per heavy atom. The average Bonchev–Trinajstić information content (AvgIpc) is 2.50. The second-order valence-corrected chi connectivity index (χ2v) is 5.04. The van der Waals surface area contributed by atoms with E-state index in [0.717, 1.165) is 11.3 Å². The van der Waals surface area contributed by atoms with Crippen molar-refractivity contribution in [1.82, 2.24) is 0 Å². The van der Waals surface area contributed by atoms with E-state index < -0.39 is 0 Å². The van der Waals surface area contributed by atoms with Gasteiger partial charge in [0.25, 0.3) is 0 Å². The van der Waals surface area contributed by atoms with E-state index in [1.54, 1.807) is 11.3 Å². The topological polar surface area (TPSA) is 0 Å². The third kappa shape index (κ3) is 1.53. The van der Waals surface area contributed by atoms with Gasteiger partial charge in [-0.1, -0.05) is 19.1 Å². The van der Waals surface area contributed by atoms with E-state index in [-0.39, 0.29) is 0 Å². The molecule has 0 unspecified atom stereocenters. The van der Waals surface area contributed by atoms with Crippen LogP contribution in [0.3, 0.4) is 0 Å². The standard InChI is InChI=1S/C10H9BrS2/c1-2-6-3-4-7-8(12)5-13-10(7)9(6)11/h3-5,12H,2H2,1H3. The molecule has 0 nitrogen and oxygen atoms in total. The highest BCUT2D eigenvalue weighted by molar-refractivity contribution is 9.10. The molecule has 0 N–H and O–H groups in total.